The highest BCUT2D eigenvalue weighted by Crippen LogP contribution is 2.25. The Balaban J connectivity index is 1.46. The Labute approximate surface area is 167 Å². The van der Waals surface area contributed by atoms with Gasteiger partial charge in [0.05, 0.1) is 0 Å². The number of H-pyrrole nitrogens is 1. The van der Waals surface area contributed by atoms with E-state index in [9.17, 15) is 4.79 Å². The van der Waals surface area contributed by atoms with Crippen LogP contribution in [-0.2, 0) is 6.42 Å². The normalized spacial score (nSPS) is 14.8. The van der Waals surface area contributed by atoms with Gasteiger partial charge in [0.2, 0.25) is 5.95 Å². The molecule has 0 unspecified atom stereocenters. The van der Waals surface area contributed by atoms with Crippen molar-refractivity contribution in [1.82, 2.24) is 15.0 Å². The number of nitrogens with zero attached hydrogens (tertiary/aromatic N) is 3. The summed E-state index contributed by atoms with van der Waals surface area (Å²) in [5, 5.41) is 3.25. The van der Waals surface area contributed by atoms with Gasteiger partial charge in [0, 0.05) is 37.6 Å². The summed E-state index contributed by atoms with van der Waals surface area (Å²) < 4.78 is 0. The highest BCUT2D eigenvalue weighted by atomic mass is 16.1. The minimum atomic E-state index is 0.00386. The molecular formula is C22H33N5O. The van der Waals surface area contributed by atoms with Crippen LogP contribution < -0.4 is 15.8 Å². The molecule has 0 radical (unpaired) electrons. The fraction of sp³-hybridized carbons (Fsp3) is 0.591. The lowest BCUT2D eigenvalue weighted by Gasteiger charge is -2.23. The summed E-state index contributed by atoms with van der Waals surface area (Å²) in [6.45, 7) is 4.85. The second-order valence-electron chi connectivity index (χ2n) is 7.75. The number of hydrogen-bond donors (Lipinski definition) is 2. The molecule has 0 aliphatic heterocycles. The van der Waals surface area contributed by atoms with E-state index in [2.05, 4.69) is 32.1 Å². The van der Waals surface area contributed by atoms with E-state index in [0.717, 1.165) is 50.3 Å². The minimum absolute atomic E-state index is 0.00386. The number of aromatic nitrogens is 3. The molecule has 2 aromatic rings. The van der Waals surface area contributed by atoms with Crippen LogP contribution in [0.25, 0.3) is 0 Å². The number of pyridine rings is 1. The van der Waals surface area contributed by atoms with E-state index in [1.165, 1.54) is 32.1 Å². The molecule has 2 aromatic heterocycles. The Morgan fingerprint density at radius 1 is 1.18 bits per heavy atom. The van der Waals surface area contributed by atoms with E-state index in [4.69, 9.17) is 0 Å². The average Bonchev–Trinajstić information content (AvgIpc) is 2.73. The maximum atomic E-state index is 12.4. The van der Waals surface area contributed by atoms with Crippen LogP contribution in [0.5, 0.6) is 0 Å². The molecule has 2 N–H and O–H groups in total. The van der Waals surface area contributed by atoms with Gasteiger partial charge in [-0.25, -0.2) is 9.97 Å². The molecule has 2 heterocycles. The molecule has 0 saturated heterocycles. The Kier molecular flexibility index (Phi) is 7.88. The van der Waals surface area contributed by atoms with Crippen molar-refractivity contribution in [3.8, 4) is 0 Å². The van der Waals surface area contributed by atoms with Gasteiger partial charge >= 0.3 is 0 Å². The van der Waals surface area contributed by atoms with Crippen molar-refractivity contribution in [2.24, 2.45) is 5.92 Å². The van der Waals surface area contributed by atoms with E-state index in [0.29, 0.717) is 11.9 Å². The second kappa shape index (κ2) is 10.8. The third-order valence-electron chi connectivity index (χ3n) is 5.47. The molecule has 28 heavy (non-hydrogen) atoms. The fourth-order valence-corrected chi connectivity index (χ4v) is 3.99. The molecule has 1 aliphatic rings. The number of hydrogen-bond acceptors (Lipinski definition) is 5. The van der Waals surface area contributed by atoms with Gasteiger partial charge in [-0.1, -0.05) is 45.1 Å². The molecule has 0 spiro atoms. The molecule has 0 atom stereocenters. The zero-order valence-corrected chi connectivity index (χ0v) is 17.0. The predicted octanol–water partition coefficient (Wildman–Crippen LogP) is 4.01. The highest BCUT2D eigenvalue weighted by molar-refractivity contribution is 5.37. The largest absolute Gasteiger partial charge is 0.357 e. The zero-order chi connectivity index (χ0) is 19.6. The summed E-state index contributed by atoms with van der Waals surface area (Å²) in [5.41, 5.74) is 0.825. The van der Waals surface area contributed by atoms with Gasteiger partial charge in [-0.05, 0) is 37.3 Å². The second-order valence-corrected chi connectivity index (χ2v) is 7.75. The summed E-state index contributed by atoms with van der Waals surface area (Å²) in [5.74, 6) is 2.23. The molecule has 0 bridgehead atoms. The number of aromatic amines is 1. The summed E-state index contributed by atoms with van der Waals surface area (Å²) >= 11 is 0. The van der Waals surface area contributed by atoms with Crippen LogP contribution in [0, 0.1) is 5.92 Å². The van der Waals surface area contributed by atoms with Crippen molar-refractivity contribution in [3.05, 3.63) is 46.5 Å². The molecule has 6 heteroatoms. The van der Waals surface area contributed by atoms with Crippen molar-refractivity contribution < 1.29 is 0 Å². The van der Waals surface area contributed by atoms with E-state index in [1.807, 2.05) is 24.4 Å². The Bertz CT molecular complexity index is 755. The highest BCUT2D eigenvalue weighted by Gasteiger charge is 2.16. The predicted molar refractivity (Wildman–Crippen MR) is 115 cm³/mol. The van der Waals surface area contributed by atoms with Crippen LogP contribution in [0.15, 0.2) is 35.4 Å². The third kappa shape index (κ3) is 6.08. The van der Waals surface area contributed by atoms with Gasteiger partial charge in [-0.2, -0.15) is 0 Å². The first-order chi connectivity index (χ1) is 13.8. The fourth-order valence-electron chi connectivity index (χ4n) is 3.99. The maximum Gasteiger partial charge on any atom is 0.255 e. The smallest absolute Gasteiger partial charge is 0.255 e. The lowest BCUT2D eigenvalue weighted by atomic mass is 9.85. The lowest BCUT2D eigenvalue weighted by molar-refractivity contribution is 0.355. The standard InChI is InChI=1S/C22H33N5O/c1-2-14-27(20-11-6-7-12-23-20)15-8-13-24-22-25-17-19(21(28)26-22)16-18-9-4-3-5-10-18/h6-7,11-12,17-18H,2-5,8-10,13-16H2,1H3,(H2,24,25,26,28). The van der Waals surface area contributed by atoms with Crippen molar-refractivity contribution in [1.29, 1.82) is 0 Å². The first-order valence-electron chi connectivity index (χ1n) is 10.7. The lowest BCUT2D eigenvalue weighted by Crippen LogP contribution is -2.28. The number of anilines is 2. The number of nitrogens with one attached hydrogen (secondary N) is 2. The molecule has 1 aliphatic carbocycles. The summed E-state index contributed by atoms with van der Waals surface area (Å²) in [7, 11) is 0. The van der Waals surface area contributed by atoms with Crippen LogP contribution in [0.1, 0.15) is 57.4 Å². The van der Waals surface area contributed by atoms with E-state index < -0.39 is 0 Å². The molecular weight excluding hydrogens is 350 g/mol. The summed E-state index contributed by atoms with van der Waals surface area (Å²) in [6, 6.07) is 6.01. The molecule has 1 fully saturated rings. The SMILES string of the molecule is CCCN(CCCNc1ncc(CC2CCCCC2)c(=O)[nH]1)c1ccccn1. The molecule has 0 amide bonds. The van der Waals surface area contributed by atoms with Crippen molar-refractivity contribution in [2.75, 3.05) is 29.9 Å². The zero-order valence-electron chi connectivity index (χ0n) is 17.0. The Morgan fingerprint density at radius 3 is 2.75 bits per heavy atom. The van der Waals surface area contributed by atoms with Gasteiger partial charge < -0.3 is 10.2 Å². The minimum Gasteiger partial charge on any atom is -0.357 e. The van der Waals surface area contributed by atoms with Crippen molar-refractivity contribution in [2.45, 2.75) is 58.3 Å². The van der Waals surface area contributed by atoms with Gasteiger partial charge in [-0.15, -0.1) is 0 Å². The van der Waals surface area contributed by atoms with Gasteiger partial charge in [0.15, 0.2) is 0 Å². The van der Waals surface area contributed by atoms with Gasteiger partial charge in [0.1, 0.15) is 5.82 Å². The van der Waals surface area contributed by atoms with Gasteiger partial charge in [-0.3, -0.25) is 9.78 Å². The van der Waals surface area contributed by atoms with Crippen LogP contribution in [0.3, 0.4) is 0 Å². The van der Waals surface area contributed by atoms with Crippen LogP contribution in [0.4, 0.5) is 11.8 Å². The van der Waals surface area contributed by atoms with Crippen LogP contribution >= 0.6 is 0 Å². The van der Waals surface area contributed by atoms with Crippen molar-refractivity contribution >= 4 is 11.8 Å². The monoisotopic (exact) mass is 383 g/mol. The van der Waals surface area contributed by atoms with Crippen LogP contribution in [0.2, 0.25) is 0 Å². The summed E-state index contributed by atoms with van der Waals surface area (Å²) in [6.07, 6.45) is 12.9. The molecule has 1 saturated carbocycles. The molecule has 3 rings (SSSR count). The average molecular weight is 384 g/mol. The number of rotatable bonds is 10. The van der Waals surface area contributed by atoms with Gasteiger partial charge in [0.25, 0.3) is 5.56 Å². The first kappa shape index (κ1) is 20.4. The topological polar surface area (TPSA) is 73.9 Å². The Morgan fingerprint density at radius 2 is 2.04 bits per heavy atom. The quantitative estimate of drug-likeness (QED) is 0.607. The molecule has 6 nitrogen and oxygen atoms in total. The maximum absolute atomic E-state index is 12.4. The van der Waals surface area contributed by atoms with Crippen LogP contribution in [-0.4, -0.2) is 34.6 Å². The molecule has 0 aromatic carbocycles. The Hall–Kier alpha value is -2.37. The molecule has 152 valence electrons. The third-order valence-corrected chi connectivity index (χ3v) is 5.47. The van der Waals surface area contributed by atoms with E-state index in [1.54, 1.807) is 6.20 Å². The van der Waals surface area contributed by atoms with E-state index in [-0.39, 0.29) is 5.56 Å². The van der Waals surface area contributed by atoms with E-state index >= 15 is 0 Å². The van der Waals surface area contributed by atoms with Crippen molar-refractivity contribution in [3.63, 3.8) is 0 Å². The first-order valence-corrected chi connectivity index (χ1v) is 10.7. The summed E-state index contributed by atoms with van der Waals surface area (Å²) in [4.78, 5) is 26.4.